The molecule has 0 aromatic carbocycles. The summed E-state index contributed by atoms with van der Waals surface area (Å²) < 4.78 is 9.86. The van der Waals surface area contributed by atoms with Crippen molar-refractivity contribution in [1.82, 2.24) is 4.90 Å². The fourth-order valence-electron chi connectivity index (χ4n) is 1.26. The molecule has 16 heavy (non-hydrogen) atoms. The predicted molar refractivity (Wildman–Crippen MR) is 59.7 cm³/mol. The minimum Gasteiger partial charge on any atom is -0.385 e. The van der Waals surface area contributed by atoms with Crippen LogP contribution in [0.2, 0.25) is 0 Å². The molecule has 92 valence electrons. The van der Waals surface area contributed by atoms with Crippen LogP contribution >= 0.6 is 0 Å². The van der Waals surface area contributed by atoms with Gasteiger partial charge in [-0.2, -0.15) is 5.26 Å². The van der Waals surface area contributed by atoms with E-state index in [0.717, 1.165) is 6.42 Å². The van der Waals surface area contributed by atoms with E-state index < -0.39 is 5.92 Å². The van der Waals surface area contributed by atoms with Crippen molar-refractivity contribution < 1.29 is 14.3 Å². The SMILES string of the molecule is COCCCN(CCOC)C(=O)C(C)C#N. The van der Waals surface area contributed by atoms with E-state index in [-0.39, 0.29) is 5.91 Å². The molecular weight excluding hydrogens is 208 g/mol. The molecule has 1 atom stereocenters. The molecule has 0 bridgehead atoms. The molecule has 1 unspecified atom stereocenters. The Labute approximate surface area is 96.9 Å². The number of methoxy groups -OCH3 is 2. The lowest BCUT2D eigenvalue weighted by molar-refractivity contribution is -0.134. The summed E-state index contributed by atoms with van der Waals surface area (Å²) in [7, 11) is 3.21. The number of nitriles is 1. The van der Waals surface area contributed by atoms with Crippen LogP contribution in [0.15, 0.2) is 0 Å². The van der Waals surface area contributed by atoms with Crippen LogP contribution < -0.4 is 0 Å². The molecule has 0 rings (SSSR count). The van der Waals surface area contributed by atoms with Crippen LogP contribution in [-0.2, 0) is 14.3 Å². The van der Waals surface area contributed by atoms with E-state index in [0.29, 0.717) is 26.3 Å². The Balaban J connectivity index is 4.18. The number of nitrogens with zero attached hydrogens (tertiary/aromatic N) is 2. The smallest absolute Gasteiger partial charge is 0.239 e. The zero-order valence-corrected chi connectivity index (χ0v) is 10.2. The number of hydrogen-bond acceptors (Lipinski definition) is 4. The standard InChI is InChI=1S/C11H20N2O3/c1-10(9-12)11(14)13(6-8-16-3)5-4-7-15-2/h10H,4-8H2,1-3H3. The van der Waals surface area contributed by atoms with Gasteiger partial charge in [-0.1, -0.05) is 0 Å². The molecule has 0 aliphatic heterocycles. The minimum absolute atomic E-state index is 0.143. The van der Waals surface area contributed by atoms with Crippen LogP contribution in [0.1, 0.15) is 13.3 Å². The molecular formula is C11H20N2O3. The maximum absolute atomic E-state index is 11.8. The summed E-state index contributed by atoms with van der Waals surface area (Å²) in [5.41, 5.74) is 0. The molecule has 5 nitrogen and oxygen atoms in total. The summed E-state index contributed by atoms with van der Waals surface area (Å²) >= 11 is 0. The van der Waals surface area contributed by atoms with Crippen LogP contribution in [0.3, 0.4) is 0 Å². The van der Waals surface area contributed by atoms with E-state index in [1.54, 1.807) is 26.0 Å². The molecule has 0 saturated heterocycles. The van der Waals surface area contributed by atoms with Gasteiger partial charge in [0.2, 0.25) is 5.91 Å². The van der Waals surface area contributed by atoms with Crippen molar-refractivity contribution in [3.8, 4) is 6.07 Å². The van der Waals surface area contributed by atoms with Gasteiger partial charge >= 0.3 is 0 Å². The second kappa shape index (κ2) is 9.13. The fourth-order valence-corrected chi connectivity index (χ4v) is 1.26. The molecule has 0 aliphatic rings. The fraction of sp³-hybridized carbons (Fsp3) is 0.818. The summed E-state index contributed by atoms with van der Waals surface area (Å²) in [6, 6.07) is 1.95. The molecule has 0 aromatic heterocycles. The number of hydrogen-bond donors (Lipinski definition) is 0. The first-order valence-electron chi connectivity index (χ1n) is 5.33. The van der Waals surface area contributed by atoms with Crippen molar-refractivity contribution in [1.29, 1.82) is 5.26 Å². The van der Waals surface area contributed by atoms with E-state index in [9.17, 15) is 4.79 Å². The van der Waals surface area contributed by atoms with Crippen molar-refractivity contribution >= 4 is 5.91 Å². The first kappa shape index (κ1) is 14.9. The average molecular weight is 228 g/mol. The molecule has 1 amide bonds. The molecule has 0 aromatic rings. The molecule has 0 aliphatic carbocycles. The van der Waals surface area contributed by atoms with Gasteiger partial charge < -0.3 is 14.4 Å². The summed E-state index contributed by atoms with van der Waals surface area (Å²) in [6.45, 7) is 3.82. The summed E-state index contributed by atoms with van der Waals surface area (Å²) in [6.07, 6.45) is 0.768. The molecule has 0 N–H and O–H groups in total. The van der Waals surface area contributed by atoms with Crippen molar-refractivity contribution in [2.24, 2.45) is 5.92 Å². The van der Waals surface area contributed by atoms with Crippen LogP contribution in [-0.4, -0.2) is 51.3 Å². The van der Waals surface area contributed by atoms with Crippen molar-refractivity contribution in [2.75, 3.05) is 40.5 Å². The Morgan fingerprint density at radius 3 is 2.44 bits per heavy atom. The van der Waals surface area contributed by atoms with Crippen LogP contribution in [0.5, 0.6) is 0 Å². The normalized spacial score (nSPS) is 11.9. The molecule has 0 fully saturated rings. The Morgan fingerprint density at radius 2 is 1.94 bits per heavy atom. The monoisotopic (exact) mass is 228 g/mol. The van der Waals surface area contributed by atoms with Crippen molar-refractivity contribution in [3.63, 3.8) is 0 Å². The Morgan fingerprint density at radius 1 is 1.31 bits per heavy atom. The molecule has 5 heteroatoms. The third-order valence-electron chi connectivity index (χ3n) is 2.22. The number of carbonyl (C=O) groups is 1. The predicted octanol–water partition coefficient (Wildman–Crippen LogP) is 0.658. The third kappa shape index (κ3) is 5.69. The maximum atomic E-state index is 11.8. The van der Waals surface area contributed by atoms with E-state index in [1.807, 2.05) is 6.07 Å². The molecule has 0 spiro atoms. The van der Waals surface area contributed by atoms with E-state index in [2.05, 4.69) is 0 Å². The van der Waals surface area contributed by atoms with Gasteiger partial charge in [0.1, 0.15) is 5.92 Å². The first-order chi connectivity index (χ1) is 7.67. The van der Waals surface area contributed by atoms with Crippen molar-refractivity contribution in [3.05, 3.63) is 0 Å². The van der Waals surface area contributed by atoms with E-state index in [4.69, 9.17) is 14.7 Å². The maximum Gasteiger partial charge on any atom is 0.239 e. The first-order valence-corrected chi connectivity index (χ1v) is 5.33. The Kier molecular flexibility index (Phi) is 8.49. The highest BCUT2D eigenvalue weighted by molar-refractivity contribution is 5.80. The topological polar surface area (TPSA) is 62.6 Å². The largest absolute Gasteiger partial charge is 0.385 e. The van der Waals surface area contributed by atoms with Crippen molar-refractivity contribution in [2.45, 2.75) is 13.3 Å². The summed E-state index contributed by atoms with van der Waals surface area (Å²) in [5.74, 6) is -0.741. The Bertz CT molecular complexity index is 238. The third-order valence-corrected chi connectivity index (χ3v) is 2.22. The lowest BCUT2D eigenvalue weighted by Gasteiger charge is -2.23. The van der Waals surface area contributed by atoms with Crippen LogP contribution in [0.25, 0.3) is 0 Å². The molecule has 0 heterocycles. The number of carbonyl (C=O) groups excluding carboxylic acids is 1. The van der Waals surface area contributed by atoms with Gasteiger partial charge in [0.05, 0.1) is 12.7 Å². The average Bonchev–Trinajstić information content (AvgIpc) is 2.31. The summed E-state index contributed by atoms with van der Waals surface area (Å²) in [4.78, 5) is 13.4. The minimum atomic E-state index is -0.598. The van der Waals surface area contributed by atoms with E-state index in [1.165, 1.54) is 0 Å². The van der Waals surface area contributed by atoms with Gasteiger partial charge in [-0.3, -0.25) is 4.79 Å². The number of rotatable bonds is 8. The van der Waals surface area contributed by atoms with Gasteiger partial charge in [-0.05, 0) is 13.3 Å². The second-order valence-electron chi connectivity index (χ2n) is 3.52. The molecule has 0 saturated carbocycles. The highest BCUT2D eigenvalue weighted by atomic mass is 16.5. The van der Waals surface area contributed by atoms with Crippen LogP contribution in [0.4, 0.5) is 0 Å². The highest BCUT2D eigenvalue weighted by Gasteiger charge is 2.19. The zero-order valence-electron chi connectivity index (χ0n) is 10.2. The quantitative estimate of drug-likeness (QED) is 0.572. The summed E-state index contributed by atoms with van der Waals surface area (Å²) in [5, 5.41) is 8.70. The number of amides is 1. The molecule has 0 radical (unpaired) electrons. The van der Waals surface area contributed by atoms with Gasteiger partial charge in [0.25, 0.3) is 0 Å². The van der Waals surface area contributed by atoms with Gasteiger partial charge in [-0.15, -0.1) is 0 Å². The van der Waals surface area contributed by atoms with Gasteiger partial charge in [0, 0.05) is 33.9 Å². The number of ether oxygens (including phenoxy) is 2. The highest BCUT2D eigenvalue weighted by Crippen LogP contribution is 2.02. The lowest BCUT2D eigenvalue weighted by atomic mass is 10.1. The van der Waals surface area contributed by atoms with Gasteiger partial charge in [0.15, 0.2) is 0 Å². The lowest BCUT2D eigenvalue weighted by Crippen LogP contribution is -2.38. The van der Waals surface area contributed by atoms with Crippen LogP contribution in [0, 0.1) is 17.2 Å². The van der Waals surface area contributed by atoms with E-state index >= 15 is 0 Å². The van der Waals surface area contributed by atoms with Gasteiger partial charge in [-0.25, -0.2) is 0 Å². The Hall–Kier alpha value is -1.12. The zero-order chi connectivity index (χ0) is 12.4. The second-order valence-corrected chi connectivity index (χ2v) is 3.52.